The maximum absolute atomic E-state index is 12.3. The second-order valence-corrected chi connectivity index (χ2v) is 7.25. The molecule has 2 heterocycles. The lowest BCUT2D eigenvalue weighted by molar-refractivity contribution is 0.0590. The number of sulfonamides is 1. The molecule has 1 aliphatic rings. The van der Waals surface area contributed by atoms with Crippen molar-refractivity contribution in [2.24, 2.45) is 0 Å². The van der Waals surface area contributed by atoms with E-state index in [1.807, 2.05) is 6.92 Å². The van der Waals surface area contributed by atoms with Crippen LogP contribution in [0.15, 0.2) is 53.7 Å². The summed E-state index contributed by atoms with van der Waals surface area (Å²) in [6.07, 6.45) is 3.18. The molecule has 6 nitrogen and oxygen atoms in total. The van der Waals surface area contributed by atoms with Crippen LogP contribution in [0, 0.1) is 6.92 Å². The average molecular weight is 331 g/mol. The molecule has 0 spiro atoms. The minimum Gasteiger partial charge on any atom is -0.335 e. The first-order valence-corrected chi connectivity index (χ1v) is 8.73. The second kappa shape index (κ2) is 6.10. The van der Waals surface area contributed by atoms with Crippen LogP contribution in [0.2, 0.25) is 0 Å². The Bertz CT molecular complexity index is 815. The van der Waals surface area contributed by atoms with E-state index in [0.29, 0.717) is 18.7 Å². The first-order valence-electron chi connectivity index (χ1n) is 7.24. The molecule has 2 aromatic rings. The Balaban J connectivity index is 1.62. The first-order chi connectivity index (χ1) is 11.0. The Morgan fingerprint density at radius 3 is 2.57 bits per heavy atom. The number of nitrogens with zero attached hydrogens (tertiary/aromatic N) is 2. The second-order valence-electron chi connectivity index (χ2n) is 5.53. The van der Waals surface area contributed by atoms with Gasteiger partial charge in [-0.3, -0.25) is 9.78 Å². The van der Waals surface area contributed by atoms with E-state index >= 15 is 0 Å². The number of aromatic nitrogens is 1. The van der Waals surface area contributed by atoms with Crippen LogP contribution in [-0.2, 0) is 10.0 Å². The van der Waals surface area contributed by atoms with Crippen molar-refractivity contribution < 1.29 is 13.2 Å². The van der Waals surface area contributed by atoms with Crippen molar-refractivity contribution in [1.29, 1.82) is 0 Å². The van der Waals surface area contributed by atoms with Crippen molar-refractivity contribution in [1.82, 2.24) is 14.6 Å². The summed E-state index contributed by atoms with van der Waals surface area (Å²) in [6.45, 7) is 2.57. The molecule has 0 radical (unpaired) electrons. The van der Waals surface area contributed by atoms with Gasteiger partial charge in [0.25, 0.3) is 5.91 Å². The van der Waals surface area contributed by atoms with Gasteiger partial charge in [-0.25, -0.2) is 13.1 Å². The molecule has 1 amide bonds. The highest BCUT2D eigenvalue weighted by Crippen LogP contribution is 2.17. The number of pyridine rings is 1. The van der Waals surface area contributed by atoms with Gasteiger partial charge in [-0.1, -0.05) is 18.2 Å². The number of carbonyl (C=O) groups excluding carboxylic acids is 1. The summed E-state index contributed by atoms with van der Waals surface area (Å²) < 4.78 is 27.0. The molecule has 0 unspecified atom stereocenters. The summed E-state index contributed by atoms with van der Waals surface area (Å²) >= 11 is 0. The van der Waals surface area contributed by atoms with Gasteiger partial charge in [-0.2, -0.15) is 0 Å². The zero-order chi connectivity index (χ0) is 16.4. The molecule has 1 N–H and O–H groups in total. The predicted octanol–water partition coefficient (Wildman–Crippen LogP) is 1.19. The van der Waals surface area contributed by atoms with Gasteiger partial charge in [0.05, 0.1) is 16.5 Å². The Morgan fingerprint density at radius 2 is 1.91 bits per heavy atom. The molecule has 120 valence electrons. The summed E-state index contributed by atoms with van der Waals surface area (Å²) in [5.74, 6) is -0.120. The van der Waals surface area contributed by atoms with Crippen molar-refractivity contribution in [2.75, 3.05) is 13.1 Å². The third-order valence-corrected chi connectivity index (χ3v) is 5.35. The molecule has 0 atom stereocenters. The molecule has 1 saturated heterocycles. The zero-order valence-electron chi connectivity index (χ0n) is 12.6. The Kier molecular flexibility index (Phi) is 4.14. The van der Waals surface area contributed by atoms with E-state index in [1.54, 1.807) is 53.7 Å². The molecular weight excluding hydrogens is 314 g/mol. The Labute approximate surface area is 135 Å². The normalized spacial score (nSPS) is 15.3. The summed E-state index contributed by atoms with van der Waals surface area (Å²) in [6, 6.07) is 9.72. The molecule has 1 aromatic heterocycles. The van der Waals surface area contributed by atoms with Crippen LogP contribution >= 0.6 is 0 Å². The van der Waals surface area contributed by atoms with Crippen molar-refractivity contribution in [2.45, 2.75) is 17.9 Å². The van der Waals surface area contributed by atoms with E-state index in [-0.39, 0.29) is 16.8 Å². The van der Waals surface area contributed by atoms with Crippen molar-refractivity contribution in [3.63, 3.8) is 0 Å². The highest BCUT2D eigenvalue weighted by molar-refractivity contribution is 7.89. The molecule has 0 saturated carbocycles. The highest BCUT2D eigenvalue weighted by Gasteiger charge is 2.34. The minimum absolute atomic E-state index is 0.120. The fourth-order valence-corrected chi connectivity index (χ4v) is 3.70. The van der Waals surface area contributed by atoms with Crippen LogP contribution < -0.4 is 4.72 Å². The van der Waals surface area contributed by atoms with Gasteiger partial charge in [0.2, 0.25) is 10.0 Å². The molecule has 0 bridgehead atoms. The number of hydrogen-bond donors (Lipinski definition) is 1. The summed E-state index contributed by atoms with van der Waals surface area (Å²) in [5, 5.41) is 0. The van der Waals surface area contributed by atoms with E-state index < -0.39 is 10.0 Å². The fraction of sp³-hybridized carbons (Fsp3) is 0.250. The number of hydrogen-bond acceptors (Lipinski definition) is 4. The lowest BCUT2D eigenvalue weighted by atomic mass is 10.1. The molecule has 1 aliphatic heterocycles. The van der Waals surface area contributed by atoms with Crippen LogP contribution in [0.3, 0.4) is 0 Å². The number of nitrogens with one attached hydrogen (secondary N) is 1. The number of benzene rings is 1. The molecule has 3 rings (SSSR count). The molecule has 1 aromatic carbocycles. The zero-order valence-corrected chi connectivity index (χ0v) is 13.5. The summed E-state index contributed by atoms with van der Waals surface area (Å²) in [5.41, 5.74) is 1.41. The number of likely N-dealkylation sites (tertiary alicyclic amines) is 1. The fourth-order valence-electron chi connectivity index (χ4n) is 2.46. The molecular formula is C16H17N3O3S. The van der Waals surface area contributed by atoms with Gasteiger partial charge in [-0.05, 0) is 30.7 Å². The SMILES string of the molecule is Cc1ccncc1C(=O)N1CC(NS(=O)(=O)c2ccccc2)C1. The monoisotopic (exact) mass is 331 g/mol. The standard InChI is InChI=1S/C16H17N3O3S/c1-12-7-8-17-9-15(12)16(20)19-10-13(11-19)18-23(21,22)14-5-3-2-4-6-14/h2-9,13,18H,10-11H2,1H3. The number of amides is 1. The number of carbonyl (C=O) groups is 1. The smallest absolute Gasteiger partial charge is 0.255 e. The van der Waals surface area contributed by atoms with Gasteiger partial charge in [0, 0.05) is 25.5 Å². The molecule has 23 heavy (non-hydrogen) atoms. The average Bonchev–Trinajstić information content (AvgIpc) is 2.51. The van der Waals surface area contributed by atoms with Gasteiger partial charge in [0.15, 0.2) is 0 Å². The van der Waals surface area contributed by atoms with E-state index in [4.69, 9.17) is 0 Å². The van der Waals surface area contributed by atoms with Crippen LogP contribution in [0.5, 0.6) is 0 Å². The largest absolute Gasteiger partial charge is 0.335 e. The third-order valence-electron chi connectivity index (χ3n) is 3.81. The maximum atomic E-state index is 12.3. The number of rotatable bonds is 4. The van der Waals surface area contributed by atoms with E-state index in [1.165, 1.54) is 0 Å². The predicted molar refractivity (Wildman–Crippen MR) is 85.4 cm³/mol. The van der Waals surface area contributed by atoms with Gasteiger partial charge in [-0.15, -0.1) is 0 Å². The van der Waals surface area contributed by atoms with Crippen LogP contribution in [-0.4, -0.2) is 43.3 Å². The van der Waals surface area contributed by atoms with Crippen molar-refractivity contribution >= 4 is 15.9 Å². The topological polar surface area (TPSA) is 79.4 Å². The van der Waals surface area contributed by atoms with E-state index in [9.17, 15) is 13.2 Å². The van der Waals surface area contributed by atoms with E-state index in [2.05, 4.69) is 9.71 Å². The van der Waals surface area contributed by atoms with Gasteiger partial charge < -0.3 is 4.90 Å². The summed E-state index contributed by atoms with van der Waals surface area (Å²) in [7, 11) is -3.54. The van der Waals surface area contributed by atoms with Crippen molar-refractivity contribution in [3.8, 4) is 0 Å². The van der Waals surface area contributed by atoms with Gasteiger partial charge >= 0.3 is 0 Å². The molecule has 0 aliphatic carbocycles. The lowest BCUT2D eigenvalue weighted by Gasteiger charge is -2.39. The first kappa shape index (κ1) is 15.6. The summed E-state index contributed by atoms with van der Waals surface area (Å²) in [4.78, 5) is 18.1. The molecule has 7 heteroatoms. The third kappa shape index (κ3) is 3.25. The van der Waals surface area contributed by atoms with Crippen LogP contribution in [0.4, 0.5) is 0 Å². The quantitative estimate of drug-likeness (QED) is 0.913. The number of aryl methyl sites for hydroxylation is 1. The van der Waals surface area contributed by atoms with Gasteiger partial charge in [0.1, 0.15) is 0 Å². The van der Waals surface area contributed by atoms with E-state index in [0.717, 1.165) is 5.56 Å². The Morgan fingerprint density at radius 1 is 1.22 bits per heavy atom. The molecule has 1 fully saturated rings. The lowest BCUT2D eigenvalue weighted by Crippen LogP contribution is -2.60. The highest BCUT2D eigenvalue weighted by atomic mass is 32.2. The Hall–Kier alpha value is -2.25. The van der Waals surface area contributed by atoms with Crippen LogP contribution in [0.25, 0.3) is 0 Å². The minimum atomic E-state index is -3.54. The van der Waals surface area contributed by atoms with Crippen LogP contribution in [0.1, 0.15) is 15.9 Å². The maximum Gasteiger partial charge on any atom is 0.255 e. The van der Waals surface area contributed by atoms with Crippen molar-refractivity contribution in [3.05, 3.63) is 59.9 Å².